The molecule has 0 radical (unpaired) electrons. The molecule has 6 heteroatoms. The summed E-state index contributed by atoms with van der Waals surface area (Å²) < 4.78 is 43.6. The lowest BCUT2D eigenvalue weighted by Crippen LogP contribution is -2.41. The summed E-state index contributed by atoms with van der Waals surface area (Å²) in [5.74, 6) is 0.150. The molecule has 1 aromatic rings. The molecule has 1 aromatic carbocycles. The number of ether oxygens (including phenoxy) is 1. The Morgan fingerprint density at radius 1 is 1.39 bits per heavy atom. The van der Waals surface area contributed by atoms with E-state index in [1.807, 2.05) is 0 Å². The van der Waals surface area contributed by atoms with Crippen LogP contribution in [0.2, 0.25) is 0 Å². The number of halogens is 3. The Hall–Kier alpha value is -1.27. The van der Waals surface area contributed by atoms with Gasteiger partial charge in [-0.15, -0.1) is 0 Å². The number of hydroxylamine groups is 2. The van der Waals surface area contributed by atoms with E-state index < -0.39 is 18.5 Å². The number of benzene rings is 1. The average molecular weight is 259 g/mol. The van der Waals surface area contributed by atoms with Crippen LogP contribution in [0.4, 0.5) is 13.2 Å². The van der Waals surface area contributed by atoms with E-state index in [9.17, 15) is 13.2 Å². The number of nitrogens with zero attached hydrogens (tertiary/aromatic N) is 1. The van der Waals surface area contributed by atoms with Crippen LogP contribution in [0, 0.1) is 5.82 Å². The summed E-state index contributed by atoms with van der Waals surface area (Å²) in [4.78, 5) is 4.50. The van der Waals surface area contributed by atoms with Gasteiger partial charge < -0.3 is 4.74 Å². The highest BCUT2D eigenvalue weighted by molar-refractivity contribution is 5.41. The first-order valence-corrected chi connectivity index (χ1v) is 5.83. The van der Waals surface area contributed by atoms with Gasteiger partial charge in [0.2, 0.25) is 0 Å². The topological polar surface area (TPSA) is 21.7 Å². The summed E-state index contributed by atoms with van der Waals surface area (Å²) in [6.07, 6.45) is 1.23. The van der Waals surface area contributed by atoms with Crippen LogP contribution >= 0.6 is 0 Å². The fourth-order valence-electron chi connectivity index (χ4n) is 2.65. The molecule has 3 nitrogen and oxygen atoms in total. The highest BCUT2D eigenvalue weighted by atomic mass is 19.3. The Kier molecular flexibility index (Phi) is 2.91. The van der Waals surface area contributed by atoms with Crippen molar-refractivity contribution in [3.63, 3.8) is 0 Å². The Morgan fingerprint density at radius 2 is 2.22 bits per heavy atom. The van der Waals surface area contributed by atoms with Crippen LogP contribution in [0.5, 0.6) is 5.75 Å². The molecule has 3 rings (SSSR count). The smallest absolute Gasteiger partial charge is 0.360 e. The van der Waals surface area contributed by atoms with Crippen molar-refractivity contribution >= 4 is 0 Å². The average Bonchev–Trinajstić information content (AvgIpc) is 2.67. The van der Waals surface area contributed by atoms with Crippen LogP contribution in [0.3, 0.4) is 0 Å². The minimum Gasteiger partial charge on any atom is -0.488 e. The second-order valence-electron chi connectivity index (χ2n) is 4.43. The van der Waals surface area contributed by atoms with Crippen molar-refractivity contribution < 1.29 is 22.7 Å². The van der Waals surface area contributed by atoms with Gasteiger partial charge in [-0.25, -0.2) is 9.23 Å². The Morgan fingerprint density at radius 3 is 3.00 bits per heavy atom. The molecule has 1 saturated heterocycles. The summed E-state index contributed by atoms with van der Waals surface area (Å²) in [7, 11) is 0. The zero-order valence-electron chi connectivity index (χ0n) is 9.48. The molecule has 2 heterocycles. The van der Waals surface area contributed by atoms with E-state index in [1.54, 1.807) is 0 Å². The summed E-state index contributed by atoms with van der Waals surface area (Å²) in [5, 5.41) is 1.21. The SMILES string of the molecule is Fc1ccc2c(c1)C1C(CCCN1OC(F)F)O2. The van der Waals surface area contributed by atoms with Crippen molar-refractivity contribution in [2.75, 3.05) is 6.54 Å². The Bertz CT molecular complexity index is 455. The van der Waals surface area contributed by atoms with Gasteiger partial charge in [0.05, 0.1) is 0 Å². The zero-order chi connectivity index (χ0) is 12.7. The molecule has 2 aliphatic heterocycles. The maximum Gasteiger partial charge on any atom is 0.360 e. The molecule has 1 fully saturated rings. The minimum atomic E-state index is -2.87. The summed E-state index contributed by atoms with van der Waals surface area (Å²) in [5.41, 5.74) is 0.584. The molecule has 0 saturated carbocycles. The van der Waals surface area contributed by atoms with Gasteiger partial charge in [-0.1, -0.05) is 0 Å². The minimum absolute atomic E-state index is 0.241. The molecule has 0 amide bonds. The molecule has 98 valence electrons. The van der Waals surface area contributed by atoms with Crippen molar-refractivity contribution in [3.8, 4) is 5.75 Å². The highest BCUT2D eigenvalue weighted by Crippen LogP contribution is 2.44. The standard InChI is InChI=1S/C12H12F3NO2/c13-7-3-4-9-8(6-7)11-10(17-9)2-1-5-16(11)18-12(14)15/h3-4,6,10-12H,1-2,5H2. The van der Waals surface area contributed by atoms with Gasteiger partial charge in [0.25, 0.3) is 0 Å². The maximum absolute atomic E-state index is 13.2. The van der Waals surface area contributed by atoms with Crippen LogP contribution in [-0.2, 0) is 4.84 Å². The molecule has 0 N–H and O–H groups in total. The van der Waals surface area contributed by atoms with Crippen LogP contribution in [0.15, 0.2) is 18.2 Å². The van der Waals surface area contributed by atoms with Crippen molar-refractivity contribution in [3.05, 3.63) is 29.6 Å². The monoisotopic (exact) mass is 259 g/mol. The lowest BCUT2D eigenvalue weighted by molar-refractivity contribution is -0.311. The van der Waals surface area contributed by atoms with E-state index in [2.05, 4.69) is 4.84 Å². The third-order valence-corrected chi connectivity index (χ3v) is 3.31. The first kappa shape index (κ1) is 11.8. The normalized spacial score (nSPS) is 26.9. The molecular weight excluding hydrogens is 247 g/mol. The number of fused-ring (bicyclic) bond motifs is 3. The van der Waals surface area contributed by atoms with Crippen LogP contribution < -0.4 is 4.74 Å². The van der Waals surface area contributed by atoms with Crippen molar-refractivity contribution in [1.29, 1.82) is 0 Å². The molecule has 2 aliphatic rings. The number of hydrogen-bond acceptors (Lipinski definition) is 3. The third-order valence-electron chi connectivity index (χ3n) is 3.31. The molecular formula is C12H12F3NO2. The lowest BCUT2D eigenvalue weighted by atomic mass is 9.96. The molecule has 18 heavy (non-hydrogen) atoms. The van der Waals surface area contributed by atoms with Crippen molar-refractivity contribution in [2.24, 2.45) is 0 Å². The van der Waals surface area contributed by atoms with Crippen LogP contribution in [0.25, 0.3) is 0 Å². The van der Waals surface area contributed by atoms with Crippen molar-refractivity contribution in [2.45, 2.75) is 31.6 Å². The number of hydrogen-bond donors (Lipinski definition) is 0. The van der Waals surface area contributed by atoms with Gasteiger partial charge in [0.1, 0.15) is 23.7 Å². The van der Waals surface area contributed by atoms with Gasteiger partial charge in [0.15, 0.2) is 0 Å². The van der Waals surface area contributed by atoms with E-state index in [4.69, 9.17) is 4.74 Å². The highest BCUT2D eigenvalue weighted by Gasteiger charge is 2.42. The molecule has 0 aromatic heterocycles. The predicted molar refractivity (Wildman–Crippen MR) is 56.6 cm³/mol. The molecule has 2 atom stereocenters. The van der Waals surface area contributed by atoms with Crippen molar-refractivity contribution in [1.82, 2.24) is 5.06 Å². The number of piperidine rings is 1. The third kappa shape index (κ3) is 1.95. The van der Waals surface area contributed by atoms with E-state index >= 15 is 0 Å². The van der Waals surface area contributed by atoms with E-state index in [0.29, 0.717) is 24.3 Å². The van der Waals surface area contributed by atoms with Crippen LogP contribution in [-0.4, -0.2) is 24.3 Å². The summed E-state index contributed by atoms with van der Waals surface area (Å²) in [6.45, 7) is -2.48. The van der Waals surface area contributed by atoms with E-state index in [1.165, 1.54) is 23.3 Å². The maximum atomic E-state index is 13.2. The first-order valence-electron chi connectivity index (χ1n) is 5.83. The predicted octanol–water partition coefficient (Wildman–Crippen LogP) is 2.88. The molecule has 0 bridgehead atoms. The largest absolute Gasteiger partial charge is 0.488 e. The number of alkyl halides is 2. The zero-order valence-corrected chi connectivity index (χ0v) is 9.48. The van der Waals surface area contributed by atoms with Crippen LogP contribution in [0.1, 0.15) is 24.4 Å². The van der Waals surface area contributed by atoms with E-state index in [0.717, 1.165) is 6.42 Å². The van der Waals surface area contributed by atoms with Gasteiger partial charge in [-0.2, -0.15) is 13.8 Å². The second kappa shape index (κ2) is 4.44. The van der Waals surface area contributed by atoms with Gasteiger partial charge >= 0.3 is 6.61 Å². The summed E-state index contributed by atoms with van der Waals surface area (Å²) in [6, 6.07) is 3.71. The quantitative estimate of drug-likeness (QED) is 0.815. The fourth-order valence-corrected chi connectivity index (χ4v) is 2.65. The number of rotatable bonds is 2. The second-order valence-corrected chi connectivity index (χ2v) is 4.43. The van der Waals surface area contributed by atoms with E-state index in [-0.39, 0.29) is 6.10 Å². The first-order chi connectivity index (χ1) is 8.65. The lowest BCUT2D eigenvalue weighted by Gasteiger charge is -2.34. The molecule has 0 spiro atoms. The Labute approximate surface area is 102 Å². The fraction of sp³-hybridized carbons (Fsp3) is 0.500. The summed E-state index contributed by atoms with van der Waals surface area (Å²) >= 11 is 0. The molecule has 0 aliphatic carbocycles. The van der Waals surface area contributed by atoms with Gasteiger partial charge in [0, 0.05) is 12.1 Å². The van der Waals surface area contributed by atoms with Gasteiger partial charge in [-0.3, -0.25) is 0 Å². The van der Waals surface area contributed by atoms with Gasteiger partial charge in [-0.05, 0) is 31.0 Å². The molecule has 2 unspecified atom stereocenters. The Balaban J connectivity index is 1.93.